The van der Waals surface area contributed by atoms with E-state index in [2.05, 4.69) is 22.0 Å². The van der Waals surface area contributed by atoms with Crippen LogP contribution in [0.1, 0.15) is 38.3 Å². The Morgan fingerprint density at radius 2 is 2.05 bits per heavy atom. The molecule has 1 rings (SSSR count). The van der Waals surface area contributed by atoms with Gasteiger partial charge in [0.2, 0.25) is 0 Å². The minimum atomic E-state index is -0.866. The summed E-state index contributed by atoms with van der Waals surface area (Å²) < 4.78 is 0. The van der Waals surface area contributed by atoms with E-state index in [1.54, 1.807) is 0 Å². The van der Waals surface area contributed by atoms with E-state index in [1.165, 1.54) is 10.5 Å². The molecule has 0 saturated heterocycles. The van der Waals surface area contributed by atoms with Gasteiger partial charge >= 0.3 is 6.09 Å². The van der Waals surface area contributed by atoms with E-state index < -0.39 is 6.09 Å². The monoisotopic (exact) mass is 361 g/mol. The molecule has 0 heterocycles. The van der Waals surface area contributed by atoms with Gasteiger partial charge in [0.05, 0.1) is 0 Å². The lowest BCUT2D eigenvalue weighted by Gasteiger charge is -2.33. The third-order valence-electron chi connectivity index (χ3n) is 3.14. The minimum absolute atomic E-state index is 0.368. The molecule has 0 spiro atoms. The van der Waals surface area contributed by atoms with Gasteiger partial charge in [0.1, 0.15) is 0 Å². The predicted octanol–water partition coefficient (Wildman–Crippen LogP) is 4.95. The fourth-order valence-electron chi connectivity index (χ4n) is 2.05. The first kappa shape index (κ1) is 17.3. The van der Waals surface area contributed by atoms with E-state index in [0.29, 0.717) is 6.54 Å². The Labute approximate surface area is 134 Å². The second-order valence-electron chi connectivity index (χ2n) is 5.77. The van der Waals surface area contributed by atoms with Crippen LogP contribution in [0.3, 0.4) is 0 Å². The van der Waals surface area contributed by atoms with Gasteiger partial charge in [0.15, 0.2) is 0 Å². The van der Waals surface area contributed by atoms with Crippen molar-refractivity contribution in [3.05, 3.63) is 34.3 Å². The number of aryl methyl sites for hydroxylation is 1. The van der Waals surface area contributed by atoms with E-state index in [4.69, 9.17) is 11.6 Å². The summed E-state index contributed by atoms with van der Waals surface area (Å²) in [5, 5.41) is 10.7. The topological polar surface area (TPSA) is 40.5 Å². The number of halogens is 2. The quantitative estimate of drug-likeness (QED) is 0.753. The zero-order chi connectivity index (χ0) is 15.3. The van der Waals surface area contributed by atoms with Crippen LogP contribution < -0.4 is 0 Å². The maximum Gasteiger partial charge on any atom is 0.407 e. The van der Waals surface area contributed by atoms with Crippen molar-refractivity contribution in [2.24, 2.45) is 0 Å². The predicted molar refractivity (Wildman–Crippen MR) is 86.9 cm³/mol. The second kappa shape index (κ2) is 7.32. The fraction of sp³-hybridized carbons (Fsp3) is 0.533. The van der Waals surface area contributed by atoms with Crippen LogP contribution in [0.4, 0.5) is 4.79 Å². The first-order valence-corrected chi connectivity index (χ1v) is 8.09. The van der Waals surface area contributed by atoms with Gasteiger partial charge in [-0.15, -0.1) is 0 Å². The lowest BCUT2D eigenvalue weighted by molar-refractivity contribution is 0.0996. The molecule has 0 aliphatic rings. The molecule has 3 nitrogen and oxygen atoms in total. The van der Waals surface area contributed by atoms with Gasteiger partial charge in [0.25, 0.3) is 0 Å². The third-order valence-corrected chi connectivity index (χ3v) is 4.11. The number of alkyl halides is 1. The molecule has 1 aromatic rings. The van der Waals surface area contributed by atoms with Crippen LogP contribution in [-0.2, 0) is 11.8 Å². The number of rotatable bonds is 5. The molecule has 1 N–H and O–H groups in total. The average Bonchev–Trinajstić information content (AvgIpc) is 2.34. The molecule has 0 aliphatic heterocycles. The highest BCUT2D eigenvalue weighted by Gasteiger charge is 2.25. The molecule has 0 aromatic heterocycles. The van der Waals surface area contributed by atoms with Crippen molar-refractivity contribution in [1.82, 2.24) is 4.90 Å². The highest BCUT2D eigenvalue weighted by atomic mass is 79.9. The van der Waals surface area contributed by atoms with Gasteiger partial charge in [-0.1, -0.05) is 39.7 Å². The van der Waals surface area contributed by atoms with Gasteiger partial charge in [-0.25, -0.2) is 4.79 Å². The van der Waals surface area contributed by atoms with E-state index in [0.717, 1.165) is 28.8 Å². The lowest BCUT2D eigenvalue weighted by atomic mass is 10.0. The van der Waals surface area contributed by atoms with Crippen LogP contribution in [0.5, 0.6) is 0 Å². The SMILES string of the molecule is CC(C)(C)N(CCCc1ccc(Cl)c(CBr)c1)C(=O)O. The Hall–Kier alpha value is -0.740. The van der Waals surface area contributed by atoms with Gasteiger partial charge in [-0.05, 0) is 50.8 Å². The van der Waals surface area contributed by atoms with Crippen molar-refractivity contribution >= 4 is 33.6 Å². The number of amides is 1. The van der Waals surface area contributed by atoms with Crippen LogP contribution >= 0.6 is 27.5 Å². The number of nitrogens with zero attached hydrogens (tertiary/aromatic N) is 1. The molecule has 1 amide bonds. The fourth-order valence-corrected chi connectivity index (χ4v) is 2.85. The summed E-state index contributed by atoms with van der Waals surface area (Å²) >= 11 is 9.47. The maximum absolute atomic E-state index is 11.2. The molecule has 0 unspecified atom stereocenters. The second-order valence-corrected chi connectivity index (χ2v) is 6.74. The molecule has 0 saturated carbocycles. The molecule has 5 heteroatoms. The number of hydrogen-bond acceptors (Lipinski definition) is 1. The average molecular weight is 363 g/mol. The Bertz CT molecular complexity index is 471. The Morgan fingerprint density at radius 1 is 1.40 bits per heavy atom. The van der Waals surface area contributed by atoms with Crippen molar-refractivity contribution in [2.45, 2.75) is 44.5 Å². The lowest BCUT2D eigenvalue weighted by Crippen LogP contribution is -2.45. The molecule has 0 fully saturated rings. The molecule has 20 heavy (non-hydrogen) atoms. The molecular weight excluding hydrogens is 342 g/mol. The zero-order valence-electron chi connectivity index (χ0n) is 12.1. The summed E-state index contributed by atoms with van der Waals surface area (Å²) in [5.74, 6) is 0. The third kappa shape index (κ3) is 4.98. The van der Waals surface area contributed by atoms with Crippen molar-refractivity contribution in [2.75, 3.05) is 6.54 Å². The van der Waals surface area contributed by atoms with Crippen LogP contribution in [0.15, 0.2) is 18.2 Å². The Kier molecular flexibility index (Phi) is 6.34. The summed E-state index contributed by atoms with van der Waals surface area (Å²) in [4.78, 5) is 12.7. The van der Waals surface area contributed by atoms with Crippen LogP contribution in [0, 0.1) is 0 Å². The summed E-state index contributed by atoms with van der Waals surface area (Å²) in [6, 6.07) is 5.96. The zero-order valence-corrected chi connectivity index (χ0v) is 14.5. The van der Waals surface area contributed by atoms with E-state index in [9.17, 15) is 9.90 Å². The summed E-state index contributed by atoms with van der Waals surface area (Å²) in [6.45, 7) is 6.26. The van der Waals surface area contributed by atoms with Crippen LogP contribution in [0.25, 0.3) is 0 Å². The Balaban J connectivity index is 2.61. The summed E-state index contributed by atoms with van der Waals surface area (Å²) in [6.07, 6.45) is 0.777. The van der Waals surface area contributed by atoms with Crippen LogP contribution in [-0.4, -0.2) is 28.2 Å². The number of carboxylic acid groups (broad SMARTS) is 1. The van der Waals surface area contributed by atoms with E-state index >= 15 is 0 Å². The molecule has 1 aromatic carbocycles. The maximum atomic E-state index is 11.2. The minimum Gasteiger partial charge on any atom is -0.465 e. The van der Waals surface area contributed by atoms with E-state index in [-0.39, 0.29) is 5.54 Å². The molecule has 0 radical (unpaired) electrons. The van der Waals surface area contributed by atoms with Gasteiger partial charge in [-0.3, -0.25) is 0 Å². The summed E-state index contributed by atoms with van der Waals surface area (Å²) in [7, 11) is 0. The highest BCUT2D eigenvalue weighted by molar-refractivity contribution is 9.08. The molecular formula is C15H21BrClNO2. The normalized spacial score (nSPS) is 11.4. The number of benzene rings is 1. The van der Waals surface area contributed by atoms with Crippen molar-refractivity contribution in [3.8, 4) is 0 Å². The molecule has 0 bridgehead atoms. The number of carbonyl (C=O) groups is 1. The first-order chi connectivity index (χ1) is 9.25. The van der Waals surface area contributed by atoms with E-state index in [1.807, 2.05) is 32.9 Å². The number of hydrogen-bond donors (Lipinski definition) is 1. The van der Waals surface area contributed by atoms with Crippen molar-refractivity contribution in [1.29, 1.82) is 0 Å². The highest BCUT2D eigenvalue weighted by Crippen LogP contribution is 2.21. The van der Waals surface area contributed by atoms with Crippen molar-refractivity contribution in [3.63, 3.8) is 0 Å². The summed E-state index contributed by atoms with van der Waals surface area (Å²) in [5.41, 5.74) is 1.88. The first-order valence-electron chi connectivity index (χ1n) is 6.59. The molecule has 0 aliphatic carbocycles. The molecule has 0 atom stereocenters. The van der Waals surface area contributed by atoms with Gasteiger partial charge in [-0.2, -0.15) is 0 Å². The largest absolute Gasteiger partial charge is 0.465 e. The van der Waals surface area contributed by atoms with Gasteiger partial charge in [0, 0.05) is 22.4 Å². The molecule has 112 valence electrons. The van der Waals surface area contributed by atoms with Gasteiger partial charge < -0.3 is 10.0 Å². The van der Waals surface area contributed by atoms with Crippen molar-refractivity contribution < 1.29 is 9.90 Å². The smallest absolute Gasteiger partial charge is 0.407 e. The standard InChI is InChI=1S/C15H21BrClNO2/c1-15(2,3)18(14(19)20)8-4-5-11-6-7-13(17)12(9-11)10-16/h6-7,9H,4-5,8,10H2,1-3H3,(H,19,20). The van der Waals surface area contributed by atoms with Crippen LogP contribution in [0.2, 0.25) is 5.02 Å². The Morgan fingerprint density at radius 3 is 2.55 bits per heavy atom.